The molecule has 2 heterocycles. The molecule has 1 aromatic heterocycles. The predicted octanol–water partition coefficient (Wildman–Crippen LogP) is 1.96. The Morgan fingerprint density at radius 3 is 2.62 bits per heavy atom. The van der Waals surface area contributed by atoms with E-state index in [0.29, 0.717) is 16.0 Å². The molecule has 13 heteroatoms. The zero-order valence-corrected chi connectivity index (χ0v) is 18.5. The Bertz CT molecular complexity index is 1120. The number of benzene rings is 1. The van der Waals surface area contributed by atoms with Crippen LogP contribution in [0.3, 0.4) is 0 Å². The van der Waals surface area contributed by atoms with Crippen molar-refractivity contribution in [2.75, 3.05) is 13.2 Å². The standard InChI is InChI=1S/C19H15F2N3O5S3/c20-12-2-1-9(4-13(12)21)10-3-11(31-8-10)5-15-17(27)24(19(30)32-15)22-6-16(26)23-14(7-25)18(28)29/h1-5,8,14,22,25H,6-7H2,(H,23,26)(H,28,29)/b15-5-/t14-/m0/s1. The van der Waals surface area contributed by atoms with Crippen LogP contribution >= 0.6 is 35.3 Å². The summed E-state index contributed by atoms with van der Waals surface area (Å²) in [5.74, 6) is -4.55. The van der Waals surface area contributed by atoms with Gasteiger partial charge >= 0.3 is 5.97 Å². The van der Waals surface area contributed by atoms with Gasteiger partial charge in [0.15, 0.2) is 16.0 Å². The van der Waals surface area contributed by atoms with Gasteiger partial charge in [-0.2, -0.15) is 0 Å². The number of aliphatic carboxylic acids is 1. The minimum Gasteiger partial charge on any atom is -0.480 e. The van der Waals surface area contributed by atoms with Crippen molar-refractivity contribution in [2.24, 2.45) is 0 Å². The van der Waals surface area contributed by atoms with Gasteiger partial charge in [0.1, 0.15) is 6.04 Å². The molecule has 8 nitrogen and oxygen atoms in total. The molecule has 32 heavy (non-hydrogen) atoms. The van der Waals surface area contributed by atoms with Crippen molar-refractivity contribution in [1.29, 1.82) is 0 Å². The smallest absolute Gasteiger partial charge is 0.328 e. The van der Waals surface area contributed by atoms with Gasteiger partial charge in [0.25, 0.3) is 5.91 Å². The molecule has 2 amide bonds. The number of thioether (sulfide) groups is 1. The summed E-state index contributed by atoms with van der Waals surface area (Å²) >= 11 is 7.44. The first-order valence-corrected chi connectivity index (χ1v) is 11.0. The van der Waals surface area contributed by atoms with E-state index in [1.54, 1.807) is 17.5 Å². The Morgan fingerprint density at radius 2 is 1.97 bits per heavy atom. The molecule has 0 aliphatic carbocycles. The number of aliphatic hydroxyl groups is 1. The predicted molar refractivity (Wildman–Crippen MR) is 119 cm³/mol. The van der Waals surface area contributed by atoms with Crippen LogP contribution in [0.5, 0.6) is 0 Å². The molecule has 1 fully saturated rings. The third kappa shape index (κ3) is 5.55. The Labute approximate surface area is 193 Å². The second-order valence-electron chi connectivity index (χ2n) is 6.36. The number of nitrogens with one attached hydrogen (secondary N) is 2. The second-order valence-corrected chi connectivity index (χ2v) is 8.98. The number of thiophene rings is 1. The SMILES string of the molecule is O=C(CNN1C(=O)/C(=C/c2cc(-c3ccc(F)c(F)c3)cs2)SC1=S)N[C@@H](CO)C(=O)O. The van der Waals surface area contributed by atoms with Crippen molar-refractivity contribution >= 4 is 63.5 Å². The molecule has 1 atom stereocenters. The highest BCUT2D eigenvalue weighted by Crippen LogP contribution is 2.34. The molecule has 0 unspecified atom stereocenters. The molecule has 0 spiro atoms. The summed E-state index contributed by atoms with van der Waals surface area (Å²) < 4.78 is 26.7. The molecule has 1 saturated heterocycles. The number of aliphatic hydroxyl groups excluding tert-OH is 1. The lowest BCUT2D eigenvalue weighted by molar-refractivity contribution is -0.143. The van der Waals surface area contributed by atoms with Gasteiger partial charge in [-0.25, -0.2) is 24.0 Å². The van der Waals surface area contributed by atoms with Crippen molar-refractivity contribution in [3.8, 4) is 11.1 Å². The summed E-state index contributed by atoms with van der Waals surface area (Å²) in [6, 6.07) is 3.82. The summed E-state index contributed by atoms with van der Waals surface area (Å²) in [6.07, 6.45) is 1.58. The fourth-order valence-corrected chi connectivity index (χ4v) is 4.70. The van der Waals surface area contributed by atoms with Crippen molar-refractivity contribution in [2.45, 2.75) is 6.04 Å². The average molecular weight is 500 g/mol. The number of rotatable bonds is 8. The van der Waals surface area contributed by atoms with E-state index in [-0.39, 0.29) is 9.23 Å². The van der Waals surface area contributed by atoms with Crippen molar-refractivity contribution in [1.82, 2.24) is 15.8 Å². The Balaban J connectivity index is 1.65. The number of amides is 2. The van der Waals surface area contributed by atoms with Crippen LogP contribution in [-0.4, -0.2) is 56.5 Å². The first-order chi connectivity index (χ1) is 15.2. The van der Waals surface area contributed by atoms with Crippen LogP contribution in [0.4, 0.5) is 8.78 Å². The third-order valence-electron chi connectivity index (χ3n) is 4.15. The summed E-state index contributed by atoms with van der Waals surface area (Å²) in [5.41, 5.74) is 3.67. The van der Waals surface area contributed by atoms with Crippen LogP contribution in [0.25, 0.3) is 17.2 Å². The van der Waals surface area contributed by atoms with Gasteiger partial charge in [-0.1, -0.05) is 30.0 Å². The minimum absolute atomic E-state index is 0.142. The second kappa shape index (κ2) is 10.3. The van der Waals surface area contributed by atoms with Gasteiger partial charge in [-0.3, -0.25) is 9.59 Å². The highest BCUT2D eigenvalue weighted by Gasteiger charge is 2.33. The van der Waals surface area contributed by atoms with Crippen molar-refractivity contribution in [3.05, 3.63) is 51.1 Å². The van der Waals surface area contributed by atoms with Crippen LogP contribution in [0.1, 0.15) is 4.88 Å². The Hall–Kier alpha value is -2.71. The monoisotopic (exact) mass is 499 g/mol. The number of hydrazine groups is 1. The highest BCUT2D eigenvalue weighted by molar-refractivity contribution is 8.26. The number of carbonyl (C=O) groups is 3. The maximum Gasteiger partial charge on any atom is 0.328 e. The molecule has 0 bridgehead atoms. The fraction of sp³-hybridized carbons (Fsp3) is 0.158. The van der Waals surface area contributed by atoms with Crippen LogP contribution in [0, 0.1) is 11.6 Å². The summed E-state index contributed by atoms with van der Waals surface area (Å²) in [6.45, 7) is -1.22. The molecular formula is C19H15F2N3O5S3. The Kier molecular flexibility index (Phi) is 7.69. The van der Waals surface area contributed by atoms with Gasteiger partial charge in [-0.15, -0.1) is 11.3 Å². The molecule has 3 rings (SSSR count). The molecule has 1 aliphatic rings. The Morgan fingerprint density at radius 1 is 1.22 bits per heavy atom. The van der Waals surface area contributed by atoms with E-state index >= 15 is 0 Å². The normalized spacial score (nSPS) is 16.0. The highest BCUT2D eigenvalue weighted by atomic mass is 32.2. The van der Waals surface area contributed by atoms with E-state index in [2.05, 4.69) is 10.7 Å². The van der Waals surface area contributed by atoms with Crippen molar-refractivity contribution < 1.29 is 33.4 Å². The minimum atomic E-state index is -1.46. The zero-order chi connectivity index (χ0) is 23.4. The number of carbonyl (C=O) groups excluding carboxylic acids is 2. The lowest BCUT2D eigenvalue weighted by Crippen LogP contribution is -2.50. The van der Waals surface area contributed by atoms with Gasteiger partial charge in [-0.05, 0) is 40.8 Å². The van der Waals surface area contributed by atoms with E-state index in [1.165, 1.54) is 17.4 Å². The number of hydrogen-bond acceptors (Lipinski definition) is 8. The van der Waals surface area contributed by atoms with E-state index in [1.807, 2.05) is 0 Å². The van der Waals surface area contributed by atoms with Crippen LogP contribution in [0.15, 0.2) is 34.6 Å². The maximum absolute atomic E-state index is 13.5. The summed E-state index contributed by atoms with van der Waals surface area (Å²) in [4.78, 5) is 36.3. The molecule has 1 aromatic carbocycles. The molecular weight excluding hydrogens is 484 g/mol. The molecule has 0 saturated carbocycles. The van der Waals surface area contributed by atoms with E-state index in [9.17, 15) is 23.2 Å². The van der Waals surface area contributed by atoms with Gasteiger partial charge in [0.05, 0.1) is 18.1 Å². The first-order valence-electron chi connectivity index (χ1n) is 8.88. The number of hydrogen-bond donors (Lipinski definition) is 4. The summed E-state index contributed by atoms with van der Waals surface area (Å²) in [5, 5.41) is 22.6. The van der Waals surface area contributed by atoms with E-state index in [0.717, 1.165) is 28.9 Å². The van der Waals surface area contributed by atoms with E-state index in [4.69, 9.17) is 22.4 Å². The first kappa shape index (κ1) is 23.9. The lowest BCUT2D eigenvalue weighted by Gasteiger charge is -2.17. The number of halogens is 2. The molecule has 1 aliphatic heterocycles. The fourth-order valence-electron chi connectivity index (χ4n) is 2.57. The van der Waals surface area contributed by atoms with E-state index < -0.39 is 48.6 Å². The number of nitrogens with zero attached hydrogens (tertiary/aromatic N) is 1. The molecule has 0 radical (unpaired) electrons. The number of thiocarbonyl (C=S) groups is 1. The third-order valence-corrected chi connectivity index (χ3v) is 6.34. The van der Waals surface area contributed by atoms with Gasteiger partial charge < -0.3 is 15.5 Å². The number of carboxylic acid groups (broad SMARTS) is 1. The van der Waals surface area contributed by atoms with Crippen LogP contribution in [0.2, 0.25) is 0 Å². The maximum atomic E-state index is 13.5. The van der Waals surface area contributed by atoms with Crippen molar-refractivity contribution in [3.63, 3.8) is 0 Å². The largest absolute Gasteiger partial charge is 0.480 e. The molecule has 2 aromatic rings. The van der Waals surface area contributed by atoms with Crippen LogP contribution < -0.4 is 10.7 Å². The summed E-state index contributed by atoms with van der Waals surface area (Å²) in [7, 11) is 0. The average Bonchev–Trinajstić information content (AvgIpc) is 3.31. The topological polar surface area (TPSA) is 119 Å². The molecule has 4 N–H and O–H groups in total. The quantitative estimate of drug-likeness (QED) is 0.322. The molecule has 168 valence electrons. The zero-order valence-electron chi connectivity index (χ0n) is 16.0. The lowest BCUT2D eigenvalue weighted by atomic mass is 10.1. The van der Waals surface area contributed by atoms with Crippen LogP contribution in [-0.2, 0) is 14.4 Å². The van der Waals surface area contributed by atoms with Gasteiger partial charge in [0.2, 0.25) is 5.91 Å². The van der Waals surface area contributed by atoms with Gasteiger partial charge in [0, 0.05) is 4.88 Å². The number of carboxylic acids is 1.